The van der Waals surface area contributed by atoms with Crippen molar-refractivity contribution < 1.29 is 9.53 Å². The predicted octanol–water partition coefficient (Wildman–Crippen LogP) is 1.62. The van der Waals surface area contributed by atoms with Crippen LogP contribution in [0.4, 0.5) is 0 Å². The van der Waals surface area contributed by atoms with Gasteiger partial charge in [-0.25, -0.2) is 4.79 Å². The Balaban J connectivity index is 2.48. The first-order valence-corrected chi connectivity index (χ1v) is 7.16. The maximum absolute atomic E-state index is 11.4. The van der Waals surface area contributed by atoms with Crippen LogP contribution in [0.1, 0.15) is 16.8 Å². The van der Waals surface area contributed by atoms with Crippen molar-refractivity contribution in [2.24, 2.45) is 0 Å². The van der Waals surface area contributed by atoms with Gasteiger partial charge >= 0.3 is 5.97 Å². The van der Waals surface area contributed by atoms with Gasteiger partial charge in [-0.05, 0) is 53.3 Å². The summed E-state index contributed by atoms with van der Waals surface area (Å²) in [4.78, 5) is 11.4. The van der Waals surface area contributed by atoms with Crippen LogP contribution in [0.5, 0.6) is 0 Å². The molecule has 0 aliphatic carbocycles. The van der Waals surface area contributed by atoms with E-state index in [2.05, 4.69) is 22.6 Å². The summed E-state index contributed by atoms with van der Waals surface area (Å²) in [7, 11) is 1.18. The molecule has 0 heterocycles. The number of rotatable bonds is 4. The number of benzene rings is 1. The first-order chi connectivity index (χ1) is 6.74. The Hall–Kier alpha value is -0.363. The highest BCUT2D eigenvalue weighted by Crippen LogP contribution is 2.08. The Morgan fingerprint density at radius 3 is 2.57 bits per heavy atom. The second-order valence-electron chi connectivity index (χ2n) is 3.00. The molecule has 0 aliphatic heterocycles. The molecular weight excluding hydrogens is 307 g/mol. The van der Waals surface area contributed by atoms with Gasteiger partial charge in [0.25, 0.3) is 0 Å². The van der Waals surface area contributed by atoms with Crippen molar-refractivity contribution in [3.8, 4) is 0 Å². The van der Waals surface area contributed by atoms with E-state index >= 15 is 0 Å². The lowest BCUT2D eigenvalue weighted by atomic mass is 10.2. The van der Waals surface area contributed by atoms with E-state index in [4.69, 9.17) is 4.74 Å². The Kier molecular flexibility index (Phi) is 5.17. The van der Waals surface area contributed by atoms with Crippen molar-refractivity contribution in [1.82, 2.24) is 0 Å². The first kappa shape index (κ1) is 11.7. The van der Waals surface area contributed by atoms with Gasteiger partial charge in [0.05, 0.1) is 12.2 Å². The fourth-order valence-electron chi connectivity index (χ4n) is 0.979. The number of ether oxygens (including phenoxy) is 1. The van der Waals surface area contributed by atoms with Crippen LogP contribution < -0.4 is 0 Å². The number of halogens is 1. The van der Waals surface area contributed by atoms with Gasteiger partial charge in [0, 0.05) is 13.8 Å². The standard InChI is InChI=1S/C10H13IO2Si/c11-9-4-2-8(3-5-9)10(12)13-6-1-7-14/h2-5H,1,6-7H2,14H3. The van der Waals surface area contributed by atoms with Crippen molar-refractivity contribution in [1.29, 1.82) is 0 Å². The molecule has 4 heteroatoms. The zero-order valence-corrected chi connectivity index (χ0v) is 12.3. The second-order valence-corrected chi connectivity index (χ2v) is 5.24. The van der Waals surface area contributed by atoms with Crippen molar-refractivity contribution in [2.75, 3.05) is 6.61 Å². The molecule has 0 aromatic heterocycles. The van der Waals surface area contributed by atoms with Gasteiger partial charge in [0.1, 0.15) is 0 Å². The molecular formula is C10H13IO2Si. The van der Waals surface area contributed by atoms with Gasteiger partial charge in [-0.2, -0.15) is 0 Å². The third-order valence-corrected chi connectivity index (χ3v) is 3.24. The summed E-state index contributed by atoms with van der Waals surface area (Å²) in [5.41, 5.74) is 0.638. The third kappa shape index (κ3) is 3.79. The van der Waals surface area contributed by atoms with E-state index in [9.17, 15) is 4.79 Å². The van der Waals surface area contributed by atoms with E-state index in [1.165, 1.54) is 16.3 Å². The highest BCUT2D eigenvalue weighted by Gasteiger charge is 2.05. The van der Waals surface area contributed by atoms with Crippen LogP contribution in [0.2, 0.25) is 6.04 Å². The summed E-state index contributed by atoms with van der Waals surface area (Å²) in [6, 6.07) is 8.59. The lowest BCUT2D eigenvalue weighted by Gasteiger charge is -2.03. The topological polar surface area (TPSA) is 26.3 Å². The van der Waals surface area contributed by atoms with E-state index < -0.39 is 0 Å². The first-order valence-electron chi connectivity index (χ1n) is 4.66. The molecule has 0 saturated heterocycles. The lowest BCUT2D eigenvalue weighted by molar-refractivity contribution is 0.0505. The molecule has 1 aromatic carbocycles. The molecule has 0 spiro atoms. The number of hydrogen-bond acceptors (Lipinski definition) is 2. The quantitative estimate of drug-likeness (QED) is 0.365. The summed E-state index contributed by atoms with van der Waals surface area (Å²) in [5.74, 6) is -0.212. The van der Waals surface area contributed by atoms with E-state index in [1.54, 1.807) is 12.1 Å². The fourth-order valence-corrected chi connectivity index (χ4v) is 1.63. The molecule has 0 unspecified atom stereocenters. The molecule has 0 bridgehead atoms. The average molecular weight is 320 g/mol. The van der Waals surface area contributed by atoms with Crippen molar-refractivity contribution in [2.45, 2.75) is 12.5 Å². The highest BCUT2D eigenvalue weighted by molar-refractivity contribution is 14.1. The SMILES string of the molecule is O=C(OCCC[SiH3])c1ccc(I)cc1. The van der Waals surface area contributed by atoms with Crippen LogP contribution in [0.3, 0.4) is 0 Å². The molecule has 2 nitrogen and oxygen atoms in total. The average Bonchev–Trinajstić information content (AvgIpc) is 2.19. The minimum absolute atomic E-state index is 0.212. The molecule has 0 fully saturated rings. The smallest absolute Gasteiger partial charge is 0.338 e. The largest absolute Gasteiger partial charge is 0.462 e. The monoisotopic (exact) mass is 320 g/mol. The van der Waals surface area contributed by atoms with E-state index in [1.807, 2.05) is 12.1 Å². The molecule has 1 rings (SSSR count). The zero-order valence-electron chi connectivity index (χ0n) is 8.13. The second kappa shape index (κ2) is 6.18. The Labute approximate surface area is 101 Å². The normalized spacial score (nSPS) is 10.1. The van der Waals surface area contributed by atoms with Crippen LogP contribution in [0, 0.1) is 3.57 Å². The molecule has 0 N–H and O–H groups in total. The van der Waals surface area contributed by atoms with Gasteiger partial charge in [-0.15, -0.1) is 0 Å². The van der Waals surface area contributed by atoms with E-state index in [-0.39, 0.29) is 5.97 Å². The minimum Gasteiger partial charge on any atom is -0.462 e. The molecule has 14 heavy (non-hydrogen) atoms. The predicted molar refractivity (Wildman–Crippen MR) is 68.8 cm³/mol. The Morgan fingerprint density at radius 2 is 2.00 bits per heavy atom. The van der Waals surface area contributed by atoms with Crippen LogP contribution in [0.25, 0.3) is 0 Å². The van der Waals surface area contributed by atoms with Crippen LogP contribution in [-0.4, -0.2) is 22.8 Å². The fraction of sp³-hybridized carbons (Fsp3) is 0.300. The summed E-state index contributed by atoms with van der Waals surface area (Å²) in [6.07, 6.45) is 0.988. The van der Waals surface area contributed by atoms with Crippen molar-refractivity contribution >= 4 is 38.8 Å². The molecule has 1 aromatic rings. The van der Waals surface area contributed by atoms with Crippen molar-refractivity contribution in [3.63, 3.8) is 0 Å². The third-order valence-electron chi connectivity index (χ3n) is 1.81. The molecule has 76 valence electrons. The maximum atomic E-state index is 11.4. The summed E-state index contributed by atoms with van der Waals surface area (Å²) < 4.78 is 6.21. The van der Waals surface area contributed by atoms with Gasteiger partial charge in [0.2, 0.25) is 0 Å². The van der Waals surface area contributed by atoms with Gasteiger partial charge < -0.3 is 4.74 Å². The summed E-state index contributed by atoms with van der Waals surface area (Å²) in [5, 5.41) is 0. The number of carbonyl (C=O) groups is 1. The molecule has 0 amide bonds. The minimum atomic E-state index is -0.212. The lowest BCUT2D eigenvalue weighted by Crippen LogP contribution is -2.06. The molecule has 0 aliphatic rings. The van der Waals surface area contributed by atoms with Gasteiger partial charge in [-0.1, -0.05) is 6.04 Å². The molecule has 0 radical (unpaired) electrons. The molecule has 0 atom stereocenters. The van der Waals surface area contributed by atoms with Gasteiger partial charge in [-0.3, -0.25) is 0 Å². The number of esters is 1. The Morgan fingerprint density at radius 1 is 1.36 bits per heavy atom. The van der Waals surface area contributed by atoms with Crippen LogP contribution >= 0.6 is 22.6 Å². The van der Waals surface area contributed by atoms with E-state index in [0.29, 0.717) is 12.2 Å². The molecule has 0 saturated carbocycles. The number of carbonyl (C=O) groups excluding carboxylic acids is 1. The number of hydrogen-bond donors (Lipinski definition) is 0. The van der Waals surface area contributed by atoms with Crippen LogP contribution in [0.15, 0.2) is 24.3 Å². The van der Waals surface area contributed by atoms with Crippen LogP contribution in [-0.2, 0) is 4.74 Å². The highest BCUT2D eigenvalue weighted by atomic mass is 127. The summed E-state index contributed by atoms with van der Waals surface area (Å²) >= 11 is 2.21. The zero-order chi connectivity index (χ0) is 10.4. The van der Waals surface area contributed by atoms with Gasteiger partial charge in [0.15, 0.2) is 0 Å². The van der Waals surface area contributed by atoms with Crippen molar-refractivity contribution in [3.05, 3.63) is 33.4 Å². The Bertz CT molecular complexity index is 297. The summed E-state index contributed by atoms with van der Waals surface area (Å²) in [6.45, 7) is 0.550. The maximum Gasteiger partial charge on any atom is 0.338 e. The van der Waals surface area contributed by atoms with E-state index in [0.717, 1.165) is 9.99 Å².